The van der Waals surface area contributed by atoms with E-state index < -0.39 is 0 Å². The van der Waals surface area contributed by atoms with E-state index in [1.807, 2.05) is 72.5 Å². The average molecular weight is 431 g/mol. The number of aromatic nitrogens is 2. The quantitative estimate of drug-likeness (QED) is 0.527. The zero-order chi connectivity index (χ0) is 22.3. The fourth-order valence-corrected chi connectivity index (χ4v) is 3.97. The SMILES string of the molecule is CCCC(C)C(=O)N1CCN(c2nccc(-c3ccc(Oc4ccccc4)cc3)n2)CC1. The van der Waals surface area contributed by atoms with Crippen LogP contribution in [0.15, 0.2) is 66.9 Å². The van der Waals surface area contributed by atoms with E-state index in [1.165, 1.54) is 0 Å². The molecule has 0 bridgehead atoms. The number of ether oxygens (including phenoxy) is 1. The molecule has 3 aromatic rings. The van der Waals surface area contributed by atoms with Crippen molar-refractivity contribution in [1.82, 2.24) is 14.9 Å². The van der Waals surface area contributed by atoms with Gasteiger partial charge < -0.3 is 14.5 Å². The highest BCUT2D eigenvalue weighted by molar-refractivity contribution is 5.78. The van der Waals surface area contributed by atoms with Gasteiger partial charge in [0.25, 0.3) is 0 Å². The second-order valence-corrected chi connectivity index (χ2v) is 8.18. The number of carbonyl (C=O) groups excluding carboxylic acids is 1. The van der Waals surface area contributed by atoms with Crippen molar-refractivity contribution in [2.45, 2.75) is 26.7 Å². The van der Waals surface area contributed by atoms with Gasteiger partial charge in [-0.15, -0.1) is 0 Å². The number of para-hydroxylation sites is 1. The lowest BCUT2D eigenvalue weighted by Crippen LogP contribution is -2.50. The normalized spacial score (nSPS) is 14.8. The number of hydrogen-bond donors (Lipinski definition) is 0. The van der Waals surface area contributed by atoms with Gasteiger partial charge >= 0.3 is 0 Å². The summed E-state index contributed by atoms with van der Waals surface area (Å²) in [5.41, 5.74) is 1.88. The summed E-state index contributed by atoms with van der Waals surface area (Å²) in [4.78, 5) is 26.0. The molecule has 1 fully saturated rings. The van der Waals surface area contributed by atoms with Crippen molar-refractivity contribution in [3.63, 3.8) is 0 Å². The molecule has 1 saturated heterocycles. The molecule has 0 spiro atoms. The first-order valence-electron chi connectivity index (χ1n) is 11.3. The fraction of sp³-hybridized carbons (Fsp3) is 0.346. The Morgan fingerprint density at radius 3 is 2.34 bits per heavy atom. The van der Waals surface area contributed by atoms with Crippen molar-refractivity contribution in [2.75, 3.05) is 31.1 Å². The zero-order valence-corrected chi connectivity index (χ0v) is 18.8. The van der Waals surface area contributed by atoms with Crippen molar-refractivity contribution >= 4 is 11.9 Å². The molecular formula is C26H30N4O2. The molecule has 32 heavy (non-hydrogen) atoms. The molecule has 0 aliphatic carbocycles. The molecule has 0 N–H and O–H groups in total. The molecular weight excluding hydrogens is 400 g/mol. The molecule has 1 aliphatic rings. The number of benzene rings is 2. The van der Waals surface area contributed by atoms with Gasteiger partial charge in [-0.25, -0.2) is 9.97 Å². The van der Waals surface area contributed by atoms with E-state index in [4.69, 9.17) is 9.72 Å². The Balaban J connectivity index is 1.39. The van der Waals surface area contributed by atoms with Gasteiger partial charge in [-0.05, 0) is 48.9 Å². The molecule has 0 saturated carbocycles. The Kier molecular flexibility index (Phi) is 7.00. The third kappa shape index (κ3) is 5.25. The van der Waals surface area contributed by atoms with Crippen LogP contribution in [0.4, 0.5) is 5.95 Å². The summed E-state index contributed by atoms with van der Waals surface area (Å²) in [6, 6.07) is 19.6. The third-order valence-corrected chi connectivity index (χ3v) is 5.79. The first kappa shape index (κ1) is 21.8. The van der Waals surface area contributed by atoms with Crippen LogP contribution in [0.3, 0.4) is 0 Å². The summed E-state index contributed by atoms with van der Waals surface area (Å²) < 4.78 is 5.88. The summed E-state index contributed by atoms with van der Waals surface area (Å²) in [6.45, 7) is 7.07. The first-order chi connectivity index (χ1) is 15.6. The monoisotopic (exact) mass is 430 g/mol. The van der Waals surface area contributed by atoms with E-state index in [9.17, 15) is 4.79 Å². The number of nitrogens with zero attached hydrogens (tertiary/aromatic N) is 4. The van der Waals surface area contributed by atoms with Crippen LogP contribution in [0, 0.1) is 5.92 Å². The molecule has 2 heterocycles. The molecule has 1 amide bonds. The molecule has 6 heteroatoms. The minimum absolute atomic E-state index is 0.0972. The van der Waals surface area contributed by atoms with E-state index in [-0.39, 0.29) is 11.8 Å². The summed E-state index contributed by atoms with van der Waals surface area (Å²) in [5, 5.41) is 0. The molecule has 1 aliphatic heterocycles. The predicted molar refractivity (Wildman–Crippen MR) is 127 cm³/mol. The summed E-state index contributed by atoms with van der Waals surface area (Å²) >= 11 is 0. The summed E-state index contributed by atoms with van der Waals surface area (Å²) in [5.74, 6) is 2.67. The number of carbonyl (C=O) groups is 1. The van der Waals surface area contributed by atoms with Gasteiger partial charge in [0.05, 0.1) is 5.69 Å². The van der Waals surface area contributed by atoms with Crippen LogP contribution < -0.4 is 9.64 Å². The second-order valence-electron chi connectivity index (χ2n) is 8.18. The first-order valence-corrected chi connectivity index (χ1v) is 11.3. The van der Waals surface area contributed by atoms with E-state index in [0.29, 0.717) is 19.0 Å². The van der Waals surface area contributed by atoms with E-state index in [1.54, 1.807) is 6.20 Å². The van der Waals surface area contributed by atoms with E-state index in [2.05, 4.69) is 16.8 Å². The van der Waals surface area contributed by atoms with Gasteiger partial charge in [0.1, 0.15) is 11.5 Å². The maximum absolute atomic E-state index is 12.6. The minimum atomic E-state index is 0.0972. The summed E-state index contributed by atoms with van der Waals surface area (Å²) in [6.07, 6.45) is 3.78. The Hall–Kier alpha value is -3.41. The molecule has 1 unspecified atom stereocenters. The largest absolute Gasteiger partial charge is 0.457 e. The Bertz CT molecular complexity index is 1020. The standard InChI is InChI=1S/C26H30N4O2/c1-3-7-20(2)25(31)29-16-18-30(19-17-29)26-27-15-14-24(28-26)21-10-12-23(13-11-21)32-22-8-5-4-6-9-22/h4-6,8-15,20H,3,7,16-19H2,1-2H3. The second kappa shape index (κ2) is 10.3. The molecule has 4 rings (SSSR count). The van der Waals surface area contributed by atoms with Crippen molar-refractivity contribution in [1.29, 1.82) is 0 Å². The van der Waals surface area contributed by atoms with Crippen LogP contribution in [-0.4, -0.2) is 47.0 Å². The van der Waals surface area contributed by atoms with Gasteiger partial charge in [-0.3, -0.25) is 4.79 Å². The predicted octanol–water partition coefficient (Wildman–Crippen LogP) is 5.02. The lowest BCUT2D eigenvalue weighted by Gasteiger charge is -2.36. The average Bonchev–Trinajstić information content (AvgIpc) is 2.85. The lowest BCUT2D eigenvalue weighted by atomic mass is 10.0. The van der Waals surface area contributed by atoms with Gasteiger partial charge in [0, 0.05) is 43.9 Å². The highest BCUT2D eigenvalue weighted by Gasteiger charge is 2.25. The van der Waals surface area contributed by atoms with E-state index >= 15 is 0 Å². The Morgan fingerprint density at radius 1 is 0.969 bits per heavy atom. The maximum atomic E-state index is 12.6. The number of rotatable bonds is 7. The molecule has 1 aromatic heterocycles. The van der Waals surface area contributed by atoms with Crippen LogP contribution in [-0.2, 0) is 4.79 Å². The molecule has 1 atom stereocenters. The van der Waals surface area contributed by atoms with Gasteiger partial charge in [-0.2, -0.15) is 0 Å². The Labute approximate surface area is 189 Å². The fourth-order valence-electron chi connectivity index (χ4n) is 3.97. The van der Waals surface area contributed by atoms with Crippen molar-refractivity contribution in [3.05, 3.63) is 66.9 Å². The molecule has 166 valence electrons. The van der Waals surface area contributed by atoms with Crippen molar-refractivity contribution < 1.29 is 9.53 Å². The van der Waals surface area contributed by atoms with Gasteiger partial charge in [0.15, 0.2) is 0 Å². The highest BCUT2D eigenvalue weighted by atomic mass is 16.5. The van der Waals surface area contributed by atoms with Crippen LogP contribution >= 0.6 is 0 Å². The van der Waals surface area contributed by atoms with Crippen LogP contribution in [0.5, 0.6) is 11.5 Å². The number of hydrogen-bond acceptors (Lipinski definition) is 5. The highest BCUT2D eigenvalue weighted by Crippen LogP contribution is 2.26. The van der Waals surface area contributed by atoms with Crippen LogP contribution in [0.1, 0.15) is 26.7 Å². The number of piperazine rings is 1. The smallest absolute Gasteiger partial charge is 0.225 e. The number of amides is 1. The van der Waals surface area contributed by atoms with Crippen molar-refractivity contribution in [3.8, 4) is 22.8 Å². The lowest BCUT2D eigenvalue weighted by molar-refractivity contribution is -0.135. The third-order valence-electron chi connectivity index (χ3n) is 5.79. The van der Waals surface area contributed by atoms with Crippen LogP contribution in [0.25, 0.3) is 11.3 Å². The molecule has 6 nitrogen and oxygen atoms in total. The molecule has 2 aromatic carbocycles. The van der Waals surface area contributed by atoms with E-state index in [0.717, 1.165) is 48.7 Å². The van der Waals surface area contributed by atoms with Gasteiger partial charge in [0.2, 0.25) is 11.9 Å². The minimum Gasteiger partial charge on any atom is -0.457 e. The summed E-state index contributed by atoms with van der Waals surface area (Å²) in [7, 11) is 0. The van der Waals surface area contributed by atoms with Crippen molar-refractivity contribution in [2.24, 2.45) is 5.92 Å². The molecule has 0 radical (unpaired) electrons. The Morgan fingerprint density at radius 2 is 1.66 bits per heavy atom. The van der Waals surface area contributed by atoms with Gasteiger partial charge in [-0.1, -0.05) is 38.5 Å². The van der Waals surface area contributed by atoms with Crippen LogP contribution in [0.2, 0.25) is 0 Å². The number of anilines is 1. The maximum Gasteiger partial charge on any atom is 0.225 e. The topological polar surface area (TPSA) is 58.6 Å². The zero-order valence-electron chi connectivity index (χ0n) is 18.8.